The molecule has 1 heterocycles. The standard InChI is InChI=1S/C13H12N4/c1-7-2-3-8-4-5-10-11(9(8)6-7)12(14)17-13(15)16-10/h2-6H,1H3,(H4,14,15,16,17). The smallest absolute Gasteiger partial charge is 0.222 e. The minimum Gasteiger partial charge on any atom is -0.383 e. The summed E-state index contributed by atoms with van der Waals surface area (Å²) in [6.45, 7) is 2.05. The highest BCUT2D eigenvalue weighted by Gasteiger charge is 2.07. The van der Waals surface area contributed by atoms with Crippen LogP contribution in [0.5, 0.6) is 0 Å². The zero-order valence-electron chi connectivity index (χ0n) is 9.44. The van der Waals surface area contributed by atoms with E-state index < -0.39 is 0 Å². The molecule has 4 N–H and O–H groups in total. The summed E-state index contributed by atoms with van der Waals surface area (Å²) in [5.74, 6) is 0.644. The number of nitrogen functional groups attached to an aromatic ring is 2. The monoisotopic (exact) mass is 224 g/mol. The highest BCUT2D eigenvalue weighted by atomic mass is 15.0. The number of benzene rings is 2. The molecule has 0 aliphatic rings. The summed E-state index contributed by atoms with van der Waals surface area (Å²) in [7, 11) is 0. The van der Waals surface area contributed by atoms with E-state index >= 15 is 0 Å². The summed E-state index contributed by atoms with van der Waals surface area (Å²) in [5, 5.41) is 3.07. The Bertz CT molecular complexity index is 734. The molecule has 0 aliphatic carbocycles. The lowest BCUT2D eigenvalue weighted by Crippen LogP contribution is -2.00. The van der Waals surface area contributed by atoms with Crippen molar-refractivity contribution in [1.82, 2.24) is 9.97 Å². The normalized spacial score (nSPS) is 11.1. The number of hydrogen-bond donors (Lipinski definition) is 2. The van der Waals surface area contributed by atoms with Crippen LogP contribution in [0.2, 0.25) is 0 Å². The van der Waals surface area contributed by atoms with Crippen molar-refractivity contribution in [3.63, 3.8) is 0 Å². The van der Waals surface area contributed by atoms with Gasteiger partial charge < -0.3 is 11.5 Å². The number of rotatable bonds is 0. The highest BCUT2D eigenvalue weighted by Crippen LogP contribution is 2.28. The van der Waals surface area contributed by atoms with Gasteiger partial charge in [0.05, 0.1) is 10.9 Å². The predicted octanol–water partition coefficient (Wildman–Crippen LogP) is 2.26. The average molecular weight is 224 g/mol. The van der Waals surface area contributed by atoms with Gasteiger partial charge in [0, 0.05) is 0 Å². The van der Waals surface area contributed by atoms with Crippen LogP contribution in [0.25, 0.3) is 21.7 Å². The summed E-state index contributed by atoms with van der Waals surface area (Å²) < 4.78 is 0. The third-order valence-electron chi connectivity index (χ3n) is 2.88. The molecular formula is C13H12N4. The largest absolute Gasteiger partial charge is 0.383 e. The number of hydrogen-bond acceptors (Lipinski definition) is 4. The molecule has 3 rings (SSSR count). The molecule has 0 spiro atoms. The van der Waals surface area contributed by atoms with Crippen molar-refractivity contribution in [1.29, 1.82) is 0 Å². The first-order valence-electron chi connectivity index (χ1n) is 5.37. The Morgan fingerprint density at radius 2 is 1.76 bits per heavy atom. The van der Waals surface area contributed by atoms with Crippen LogP contribution < -0.4 is 11.5 Å². The average Bonchev–Trinajstić information content (AvgIpc) is 2.27. The van der Waals surface area contributed by atoms with E-state index in [1.165, 1.54) is 5.56 Å². The minimum atomic E-state index is 0.210. The molecule has 0 unspecified atom stereocenters. The Kier molecular flexibility index (Phi) is 1.92. The fourth-order valence-corrected chi connectivity index (χ4v) is 2.11. The van der Waals surface area contributed by atoms with Crippen molar-refractivity contribution >= 4 is 33.4 Å². The molecule has 0 saturated carbocycles. The summed E-state index contributed by atoms with van der Waals surface area (Å²) in [5.41, 5.74) is 13.5. The van der Waals surface area contributed by atoms with Crippen LogP contribution in [-0.2, 0) is 0 Å². The van der Waals surface area contributed by atoms with Crippen LogP contribution in [0, 0.1) is 6.92 Å². The maximum absolute atomic E-state index is 5.94. The lowest BCUT2D eigenvalue weighted by atomic mass is 10.0. The third-order valence-corrected chi connectivity index (χ3v) is 2.88. The summed E-state index contributed by atoms with van der Waals surface area (Å²) in [6, 6.07) is 10.2. The number of aryl methyl sites for hydroxylation is 1. The second-order valence-corrected chi connectivity index (χ2v) is 4.15. The third kappa shape index (κ3) is 1.45. The molecule has 4 nitrogen and oxygen atoms in total. The van der Waals surface area contributed by atoms with Gasteiger partial charge in [-0.05, 0) is 23.8 Å². The Balaban J connectivity index is 2.58. The second-order valence-electron chi connectivity index (χ2n) is 4.15. The van der Waals surface area contributed by atoms with Crippen LogP contribution >= 0.6 is 0 Å². The Hall–Kier alpha value is -2.36. The van der Waals surface area contributed by atoms with Gasteiger partial charge in [0.1, 0.15) is 5.82 Å². The highest BCUT2D eigenvalue weighted by molar-refractivity contribution is 6.11. The van der Waals surface area contributed by atoms with Crippen molar-refractivity contribution in [3.8, 4) is 0 Å². The Morgan fingerprint density at radius 3 is 2.59 bits per heavy atom. The first kappa shape index (κ1) is 9.84. The van der Waals surface area contributed by atoms with Crippen molar-refractivity contribution in [2.24, 2.45) is 0 Å². The van der Waals surface area contributed by atoms with E-state index in [1.807, 2.05) is 19.1 Å². The summed E-state index contributed by atoms with van der Waals surface area (Å²) in [4.78, 5) is 8.23. The predicted molar refractivity (Wildman–Crippen MR) is 70.6 cm³/mol. The molecule has 2 aromatic carbocycles. The van der Waals surface area contributed by atoms with Gasteiger partial charge >= 0.3 is 0 Å². The molecule has 0 atom stereocenters. The number of anilines is 2. The molecule has 3 aromatic rings. The van der Waals surface area contributed by atoms with E-state index in [2.05, 4.69) is 28.2 Å². The van der Waals surface area contributed by atoms with Crippen LogP contribution in [0.1, 0.15) is 5.56 Å². The van der Waals surface area contributed by atoms with Crippen molar-refractivity contribution in [2.75, 3.05) is 11.5 Å². The molecule has 0 bridgehead atoms. The first-order valence-corrected chi connectivity index (χ1v) is 5.37. The molecule has 0 radical (unpaired) electrons. The minimum absolute atomic E-state index is 0.210. The maximum atomic E-state index is 5.94. The van der Waals surface area contributed by atoms with E-state index in [0.717, 1.165) is 21.7 Å². The van der Waals surface area contributed by atoms with Crippen LogP contribution in [0.3, 0.4) is 0 Å². The van der Waals surface area contributed by atoms with Gasteiger partial charge in [0.25, 0.3) is 0 Å². The van der Waals surface area contributed by atoms with E-state index in [-0.39, 0.29) is 5.95 Å². The summed E-state index contributed by atoms with van der Waals surface area (Å²) in [6.07, 6.45) is 0. The maximum Gasteiger partial charge on any atom is 0.222 e. The fourth-order valence-electron chi connectivity index (χ4n) is 2.11. The van der Waals surface area contributed by atoms with E-state index in [0.29, 0.717) is 5.82 Å². The molecule has 0 fully saturated rings. The molecule has 0 amide bonds. The number of aromatic nitrogens is 2. The lowest BCUT2D eigenvalue weighted by Gasteiger charge is -2.07. The molecule has 1 aromatic heterocycles. The van der Waals surface area contributed by atoms with Crippen molar-refractivity contribution in [2.45, 2.75) is 6.92 Å². The van der Waals surface area contributed by atoms with Gasteiger partial charge in [-0.25, -0.2) is 4.98 Å². The van der Waals surface area contributed by atoms with E-state index in [4.69, 9.17) is 11.5 Å². The number of nitrogens with zero attached hydrogens (tertiary/aromatic N) is 2. The first-order chi connectivity index (χ1) is 8.15. The Labute approximate surface area is 98.3 Å². The summed E-state index contributed by atoms with van der Waals surface area (Å²) >= 11 is 0. The topological polar surface area (TPSA) is 77.8 Å². The quantitative estimate of drug-likeness (QED) is 0.574. The van der Waals surface area contributed by atoms with Crippen LogP contribution in [-0.4, -0.2) is 9.97 Å². The second kappa shape index (κ2) is 3.31. The van der Waals surface area contributed by atoms with E-state index in [1.54, 1.807) is 0 Å². The van der Waals surface area contributed by atoms with E-state index in [9.17, 15) is 0 Å². The lowest BCUT2D eigenvalue weighted by molar-refractivity contribution is 1.25. The van der Waals surface area contributed by atoms with Crippen molar-refractivity contribution < 1.29 is 0 Å². The molecule has 0 saturated heterocycles. The van der Waals surface area contributed by atoms with Gasteiger partial charge in [-0.15, -0.1) is 0 Å². The zero-order chi connectivity index (χ0) is 12.0. The molecule has 84 valence electrons. The van der Waals surface area contributed by atoms with Crippen LogP contribution in [0.4, 0.5) is 11.8 Å². The fraction of sp³-hybridized carbons (Fsp3) is 0.0769. The van der Waals surface area contributed by atoms with Gasteiger partial charge in [0.2, 0.25) is 5.95 Å². The van der Waals surface area contributed by atoms with Gasteiger partial charge in [-0.1, -0.05) is 29.8 Å². The Morgan fingerprint density at radius 1 is 1.00 bits per heavy atom. The van der Waals surface area contributed by atoms with Gasteiger partial charge in [-0.3, -0.25) is 0 Å². The molecular weight excluding hydrogens is 212 g/mol. The molecule has 4 heteroatoms. The number of fused-ring (bicyclic) bond motifs is 3. The van der Waals surface area contributed by atoms with Crippen LogP contribution in [0.15, 0.2) is 30.3 Å². The molecule has 0 aliphatic heterocycles. The van der Waals surface area contributed by atoms with Gasteiger partial charge in [0.15, 0.2) is 0 Å². The number of nitrogens with two attached hydrogens (primary N) is 2. The zero-order valence-corrected chi connectivity index (χ0v) is 9.44. The van der Waals surface area contributed by atoms with Gasteiger partial charge in [-0.2, -0.15) is 4.98 Å². The van der Waals surface area contributed by atoms with Crippen molar-refractivity contribution in [3.05, 3.63) is 35.9 Å². The molecule has 17 heavy (non-hydrogen) atoms. The SMILES string of the molecule is Cc1ccc2ccc3nc(N)nc(N)c3c2c1.